The Morgan fingerprint density at radius 1 is 0.838 bits per heavy atom. The van der Waals surface area contributed by atoms with Crippen molar-refractivity contribution in [3.05, 3.63) is 71.8 Å². The number of rotatable bonds is 12. The molecule has 194 valence electrons. The first-order chi connectivity index (χ1) is 18.0. The van der Waals surface area contributed by atoms with Crippen molar-refractivity contribution in [1.29, 1.82) is 0 Å². The van der Waals surface area contributed by atoms with Gasteiger partial charge in [0.15, 0.2) is 29.6 Å². The van der Waals surface area contributed by atoms with Crippen molar-refractivity contribution >= 4 is 18.1 Å². The van der Waals surface area contributed by atoms with Gasteiger partial charge in [-0.15, -0.1) is 0 Å². The number of carbonyl (C=O) groups is 2. The second kappa shape index (κ2) is 13.4. The van der Waals surface area contributed by atoms with Gasteiger partial charge in [-0.25, -0.2) is 10.2 Å². The predicted molar refractivity (Wildman–Crippen MR) is 136 cm³/mol. The van der Waals surface area contributed by atoms with Crippen LogP contribution in [0.15, 0.2) is 65.8 Å². The number of hydrogen-bond acceptors (Lipinski definition) is 9. The molecule has 0 bridgehead atoms. The van der Waals surface area contributed by atoms with Crippen LogP contribution in [0.5, 0.6) is 34.5 Å². The zero-order valence-electron chi connectivity index (χ0n) is 21.0. The molecule has 0 aliphatic rings. The lowest BCUT2D eigenvalue weighted by atomic mass is 10.2. The fraction of sp³-hybridized carbons (Fsp3) is 0.222. The number of nitrogens with zero attached hydrogens (tertiary/aromatic N) is 1. The summed E-state index contributed by atoms with van der Waals surface area (Å²) in [4.78, 5) is 24.7. The largest absolute Gasteiger partial charge is 0.493 e. The van der Waals surface area contributed by atoms with Crippen LogP contribution >= 0.6 is 0 Å². The first kappa shape index (κ1) is 26.9. The molecule has 0 atom stereocenters. The molecule has 0 heterocycles. The summed E-state index contributed by atoms with van der Waals surface area (Å²) in [6.45, 7) is 2.13. The summed E-state index contributed by atoms with van der Waals surface area (Å²) in [5.74, 6) is 1.38. The maximum absolute atomic E-state index is 12.6. The molecule has 10 heteroatoms. The van der Waals surface area contributed by atoms with Gasteiger partial charge in [0.05, 0.1) is 39.7 Å². The third-order valence-electron chi connectivity index (χ3n) is 4.90. The molecule has 3 aromatic rings. The summed E-state index contributed by atoms with van der Waals surface area (Å²) in [6, 6.07) is 16.7. The van der Waals surface area contributed by atoms with Gasteiger partial charge >= 0.3 is 5.97 Å². The summed E-state index contributed by atoms with van der Waals surface area (Å²) in [7, 11) is 4.40. The van der Waals surface area contributed by atoms with E-state index in [1.807, 2.05) is 13.0 Å². The Balaban J connectivity index is 1.54. The van der Waals surface area contributed by atoms with Gasteiger partial charge in [0.2, 0.25) is 5.75 Å². The van der Waals surface area contributed by atoms with E-state index in [1.165, 1.54) is 39.7 Å². The fourth-order valence-electron chi connectivity index (χ4n) is 3.19. The Kier molecular flexibility index (Phi) is 9.72. The molecule has 3 rings (SSSR count). The lowest BCUT2D eigenvalue weighted by molar-refractivity contribution is -0.123. The van der Waals surface area contributed by atoms with E-state index in [0.717, 1.165) is 0 Å². The van der Waals surface area contributed by atoms with E-state index >= 15 is 0 Å². The van der Waals surface area contributed by atoms with Gasteiger partial charge in [-0.05, 0) is 61.0 Å². The first-order valence-electron chi connectivity index (χ1n) is 11.3. The maximum atomic E-state index is 12.6. The summed E-state index contributed by atoms with van der Waals surface area (Å²) in [6.07, 6.45) is 1.46. The predicted octanol–water partition coefficient (Wildman–Crippen LogP) is 3.86. The lowest BCUT2D eigenvalue weighted by Crippen LogP contribution is -2.24. The molecule has 1 amide bonds. The van der Waals surface area contributed by atoms with Crippen molar-refractivity contribution in [2.24, 2.45) is 5.10 Å². The standard InChI is InChI=1S/C27H28N2O8/c1-5-35-21-8-6-7-9-22(21)36-17-25(30)29-28-16-18-10-12-20(13-11-18)37-27(31)19-14-23(32-2)26(34-4)24(15-19)33-3/h6-16H,5,17H2,1-4H3,(H,29,30). The highest BCUT2D eigenvalue weighted by molar-refractivity contribution is 5.93. The molecule has 0 aromatic heterocycles. The van der Waals surface area contributed by atoms with Gasteiger partial charge < -0.3 is 28.4 Å². The molecule has 0 fully saturated rings. The average molecular weight is 509 g/mol. The second-order valence-electron chi connectivity index (χ2n) is 7.33. The monoisotopic (exact) mass is 508 g/mol. The van der Waals surface area contributed by atoms with Crippen LogP contribution in [0.2, 0.25) is 0 Å². The third kappa shape index (κ3) is 7.38. The zero-order valence-corrected chi connectivity index (χ0v) is 21.0. The molecule has 0 spiro atoms. The van der Waals surface area contributed by atoms with Crippen LogP contribution in [-0.2, 0) is 4.79 Å². The van der Waals surface area contributed by atoms with Gasteiger partial charge in [-0.2, -0.15) is 5.10 Å². The molecule has 0 aliphatic carbocycles. The molecule has 37 heavy (non-hydrogen) atoms. The second-order valence-corrected chi connectivity index (χ2v) is 7.33. The highest BCUT2D eigenvalue weighted by Gasteiger charge is 2.18. The van der Waals surface area contributed by atoms with Gasteiger partial charge in [0, 0.05) is 0 Å². The Hall–Kier alpha value is -4.73. The molecule has 1 N–H and O–H groups in total. The van der Waals surface area contributed by atoms with E-state index in [1.54, 1.807) is 42.5 Å². The SMILES string of the molecule is CCOc1ccccc1OCC(=O)NN=Cc1ccc(OC(=O)c2cc(OC)c(OC)c(OC)c2)cc1. The average Bonchev–Trinajstić information content (AvgIpc) is 2.92. The summed E-state index contributed by atoms with van der Waals surface area (Å²) < 4.78 is 32.2. The van der Waals surface area contributed by atoms with E-state index in [9.17, 15) is 9.59 Å². The molecule has 10 nitrogen and oxygen atoms in total. The van der Waals surface area contributed by atoms with Crippen LogP contribution < -0.4 is 33.8 Å². The van der Waals surface area contributed by atoms with Crippen LogP contribution in [0.25, 0.3) is 0 Å². The van der Waals surface area contributed by atoms with Crippen molar-refractivity contribution < 1.29 is 38.0 Å². The molecule has 3 aromatic carbocycles. The van der Waals surface area contributed by atoms with E-state index < -0.39 is 11.9 Å². The van der Waals surface area contributed by atoms with Gasteiger partial charge in [-0.1, -0.05) is 12.1 Å². The number of para-hydroxylation sites is 2. The van der Waals surface area contributed by atoms with Crippen LogP contribution in [0.1, 0.15) is 22.8 Å². The van der Waals surface area contributed by atoms with Gasteiger partial charge in [-0.3, -0.25) is 4.79 Å². The minimum Gasteiger partial charge on any atom is -0.493 e. The van der Waals surface area contributed by atoms with Gasteiger partial charge in [0.25, 0.3) is 5.91 Å². The van der Waals surface area contributed by atoms with Crippen molar-refractivity contribution in [2.75, 3.05) is 34.5 Å². The van der Waals surface area contributed by atoms with E-state index in [-0.39, 0.29) is 12.2 Å². The first-order valence-corrected chi connectivity index (χ1v) is 11.3. The summed E-state index contributed by atoms with van der Waals surface area (Å²) in [5, 5.41) is 3.92. The number of nitrogens with one attached hydrogen (secondary N) is 1. The fourth-order valence-corrected chi connectivity index (χ4v) is 3.19. The van der Waals surface area contributed by atoms with Crippen LogP contribution in [0, 0.1) is 0 Å². The smallest absolute Gasteiger partial charge is 0.343 e. The molecule has 0 unspecified atom stereocenters. The number of carbonyl (C=O) groups excluding carboxylic acids is 2. The van der Waals surface area contributed by atoms with Crippen LogP contribution in [0.3, 0.4) is 0 Å². The number of hydrogen-bond donors (Lipinski definition) is 1. The van der Waals surface area contributed by atoms with Crippen molar-refractivity contribution in [3.8, 4) is 34.5 Å². The van der Waals surface area contributed by atoms with Crippen molar-refractivity contribution in [1.82, 2.24) is 5.43 Å². The topological polar surface area (TPSA) is 114 Å². The van der Waals surface area contributed by atoms with Crippen LogP contribution in [-0.4, -0.2) is 52.6 Å². The minimum absolute atomic E-state index is 0.225. The highest BCUT2D eigenvalue weighted by Crippen LogP contribution is 2.38. The Bertz CT molecular complexity index is 1220. The molecule has 0 aliphatic heterocycles. The van der Waals surface area contributed by atoms with E-state index in [0.29, 0.717) is 46.7 Å². The number of methoxy groups -OCH3 is 3. The Morgan fingerprint density at radius 3 is 2.03 bits per heavy atom. The number of benzene rings is 3. The zero-order chi connectivity index (χ0) is 26.6. The number of amides is 1. The number of hydrazone groups is 1. The summed E-state index contributed by atoms with van der Waals surface area (Å²) >= 11 is 0. The maximum Gasteiger partial charge on any atom is 0.343 e. The van der Waals surface area contributed by atoms with E-state index in [4.69, 9.17) is 28.4 Å². The van der Waals surface area contributed by atoms with Crippen molar-refractivity contribution in [3.63, 3.8) is 0 Å². The van der Waals surface area contributed by atoms with Crippen molar-refractivity contribution in [2.45, 2.75) is 6.92 Å². The Morgan fingerprint density at radius 2 is 1.46 bits per heavy atom. The quantitative estimate of drug-likeness (QED) is 0.170. The molecule has 0 radical (unpaired) electrons. The highest BCUT2D eigenvalue weighted by atomic mass is 16.5. The third-order valence-corrected chi connectivity index (χ3v) is 4.90. The molecular weight excluding hydrogens is 480 g/mol. The summed E-state index contributed by atoms with van der Waals surface area (Å²) in [5.41, 5.74) is 3.30. The minimum atomic E-state index is -0.598. The number of esters is 1. The molecule has 0 saturated carbocycles. The molecular formula is C27H28N2O8. The lowest BCUT2D eigenvalue weighted by Gasteiger charge is -2.13. The van der Waals surface area contributed by atoms with E-state index in [2.05, 4.69) is 10.5 Å². The number of ether oxygens (including phenoxy) is 6. The Labute approximate surface area is 214 Å². The molecule has 0 saturated heterocycles. The van der Waals surface area contributed by atoms with Gasteiger partial charge in [0.1, 0.15) is 5.75 Å². The van der Waals surface area contributed by atoms with Crippen LogP contribution in [0.4, 0.5) is 0 Å². The normalized spacial score (nSPS) is 10.5.